The lowest BCUT2D eigenvalue weighted by Crippen LogP contribution is -2.45. The van der Waals surface area contributed by atoms with E-state index in [9.17, 15) is 14.4 Å². The lowest BCUT2D eigenvalue weighted by atomic mass is 9.78. The molecule has 0 saturated carbocycles. The van der Waals surface area contributed by atoms with Gasteiger partial charge in [-0.1, -0.05) is 40.7 Å². The van der Waals surface area contributed by atoms with E-state index in [0.29, 0.717) is 12.4 Å². The van der Waals surface area contributed by atoms with Gasteiger partial charge in [-0.3, -0.25) is 4.79 Å². The van der Waals surface area contributed by atoms with Crippen molar-refractivity contribution < 1.29 is 33.0 Å². The number of nitrogens with one attached hydrogen (secondary N) is 1. The first kappa shape index (κ1) is 37.6. The van der Waals surface area contributed by atoms with Gasteiger partial charge < -0.3 is 24.0 Å². The molecule has 1 amide bonds. The van der Waals surface area contributed by atoms with Gasteiger partial charge in [-0.25, -0.2) is 9.59 Å². The fourth-order valence-electron chi connectivity index (χ4n) is 4.33. The van der Waals surface area contributed by atoms with Gasteiger partial charge >= 0.3 is 18.0 Å². The van der Waals surface area contributed by atoms with Gasteiger partial charge in [-0.2, -0.15) is 0 Å². The zero-order valence-corrected chi connectivity index (χ0v) is 29.9. The molecule has 8 nitrogen and oxygen atoms in total. The van der Waals surface area contributed by atoms with Gasteiger partial charge in [-0.15, -0.1) is 0 Å². The average Bonchev–Trinajstić information content (AvgIpc) is 2.72. The summed E-state index contributed by atoms with van der Waals surface area (Å²) in [5.41, 5.74) is 1.06. The third-order valence-electron chi connectivity index (χ3n) is 7.36. The minimum absolute atomic E-state index is 0.00884. The van der Waals surface area contributed by atoms with Crippen molar-refractivity contribution in [2.45, 2.75) is 150 Å². The second-order valence-electron chi connectivity index (χ2n) is 15.4. The van der Waals surface area contributed by atoms with Crippen LogP contribution in [-0.4, -0.2) is 50.2 Å². The van der Waals surface area contributed by atoms with Crippen LogP contribution in [0.4, 0.5) is 4.79 Å². The Labute approximate surface area is 255 Å². The molecule has 1 aromatic carbocycles. The number of carbonyl (C=O) groups is 3. The predicted molar refractivity (Wildman–Crippen MR) is 171 cm³/mol. The molecule has 0 fully saturated rings. The minimum Gasteiger partial charge on any atom is -0.460 e. The van der Waals surface area contributed by atoms with Gasteiger partial charge in [0.25, 0.3) is 0 Å². The molecule has 42 heavy (non-hydrogen) atoms. The van der Waals surface area contributed by atoms with E-state index in [4.69, 9.17) is 18.6 Å². The number of amides is 1. The highest BCUT2D eigenvalue weighted by Gasteiger charge is 2.38. The summed E-state index contributed by atoms with van der Waals surface area (Å²) in [6.07, 6.45) is -0.126. The molecule has 0 aliphatic heterocycles. The Morgan fingerprint density at radius 1 is 0.857 bits per heavy atom. The van der Waals surface area contributed by atoms with Gasteiger partial charge in [-0.05, 0) is 109 Å². The molecule has 240 valence electrons. The van der Waals surface area contributed by atoms with E-state index < -0.39 is 43.6 Å². The molecule has 0 heterocycles. The smallest absolute Gasteiger partial charge is 0.413 e. The fraction of sp³-hybridized carbons (Fsp3) is 0.727. The Bertz CT molecular complexity index is 1110. The molecular formula is C33H57NO7Si. The first-order valence-electron chi connectivity index (χ1n) is 14.9. The van der Waals surface area contributed by atoms with Crippen LogP contribution in [0.2, 0.25) is 18.1 Å². The lowest BCUT2D eigenvalue weighted by molar-refractivity contribution is -0.158. The Kier molecular flexibility index (Phi) is 12.5. The average molecular weight is 608 g/mol. The van der Waals surface area contributed by atoms with Gasteiger partial charge in [0.2, 0.25) is 0 Å². The third kappa shape index (κ3) is 12.5. The zero-order chi connectivity index (χ0) is 32.9. The van der Waals surface area contributed by atoms with Gasteiger partial charge in [0.05, 0.1) is 0 Å². The van der Waals surface area contributed by atoms with E-state index >= 15 is 0 Å². The van der Waals surface area contributed by atoms with E-state index in [1.165, 1.54) is 0 Å². The van der Waals surface area contributed by atoms with Crippen LogP contribution in [-0.2, 0) is 28.9 Å². The molecule has 1 atom stereocenters. The van der Waals surface area contributed by atoms with Crippen LogP contribution in [0.25, 0.3) is 0 Å². The quantitative estimate of drug-likeness (QED) is 0.201. The number of ether oxygens (including phenoxy) is 3. The monoisotopic (exact) mass is 607 g/mol. The summed E-state index contributed by atoms with van der Waals surface area (Å²) in [6.45, 7) is 30.5. The molecule has 9 heteroatoms. The molecule has 0 radical (unpaired) electrons. The van der Waals surface area contributed by atoms with Crippen LogP contribution in [0, 0.1) is 13.8 Å². The maximum Gasteiger partial charge on any atom is 0.413 e. The van der Waals surface area contributed by atoms with Crippen molar-refractivity contribution in [1.29, 1.82) is 0 Å². The summed E-state index contributed by atoms with van der Waals surface area (Å²) >= 11 is 0. The first-order valence-corrected chi connectivity index (χ1v) is 17.8. The first-order chi connectivity index (χ1) is 18.7. The van der Waals surface area contributed by atoms with Crippen molar-refractivity contribution in [2.75, 3.05) is 6.61 Å². The maximum atomic E-state index is 13.2. The zero-order valence-electron chi connectivity index (χ0n) is 28.9. The summed E-state index contributed by atoms with van der Waals surface area (Å²) in [5.74, 6) is -0.686. The Morgan fingerprint density at radius 3 is 1.90 bits per heavy atom. The van der Waals surface area contributed by atoms with Crippen LogP contribution in [0.3, 0.4) is 0 Å². The number of aryl methyl sites for hydroxylation is 2. The van der Waals surface area contributed by atoms with Crippen molar-refractivity contribution in [3.05, 3.63) is 28.8 Å². The molecule has 0 aliphatic carbocycles. The summed E-state index contributed by atoms with van der Waals surface area (Å²) in [5, 5.41) is 2.75. The number of carbonyl (C=O) groups excluding carboxylic acids is 3. The molecule has 0 spiro atoms. The molecule has 0 aliphatic rings. The van der Waals surface area contributed by atoms with E-state index in [-0.39, 0.29) is 23.3 Å². The number of esters is 2. The molecule has 0 unspecified atom stereocenters. The minimum atomic E-state index is -1.92. The second-order valence-corrected chi connectivity index (χ2v) is 20.3. The molecule has 1 rings (SSSR count). The SMILES string of the molecule is Cc1cc(C)c(C(C)(C)CCO[Si](C)(C)C(C)(C)C)c(OC(=O)N[C@@H](CCC(=O)OC(C)(C)C)C(=O)OC(C)(C)C)c1. The highest BCUT2D eigenvalue weighted by molar-refractivity contribution is 6.74. The van der Waals surface area contributed by atoms with Crippen molar-refractivity contribution in [3.8, 4) is 5.75 Å². The van der Waals surface area contributed by atoms with Gasteiger partial charge in [0.1, 0.15) is 23.0 Å². The summed E-state index contributed by atoms with van der Waals surface area (Å²) in [7, 11) is -1.92. The van der Waals surface area contributed by atoms with Crippen molar-refractivity contribution >= 4 is 26.3 Å². The predicted octanol–water partition coefficient (Wildman–Crippen LogP) is 7.91. The van der Waals surface area contributed by atoms with E-state index in [0.717, 1.165) is 23.1 Å². The Hall–Kier alpha value is -2.39. The van der Waals surface area contributed by atoms with E-state index in [2.05, 4.69) is 59.1 Å². The second kappa shape index (κ2) is 13.9. The largest absolute Gasteiger partial charge is 0.460 e. The van der Waals surface area contributed by atoms with Crippen molar-refractivity contribution in [1.82, 2.24) is 5.32 Å². The summed E-state index contributed by atoms with van der Waals surface area (Å²) in [6, 6.07) is 2.81. The van der Waals surface area contributed by atoms with Crippen LogP contribution in [0.15, 0.2) is 12.1 Å². The molecule has 1 aromatic rings. The molecular weight excluding hydrogens is 550 g/mol. The maximum absolute atomic E-state index is 13.2. The number of hydrogen-bond donors (Lipinski definition) is 1. The highest BCUT2D eigenvalue weighted by atomic mass is 28.4. The fourth-order valence-corrected chi connectivity index (χ4v) is 5.37. The van der Waals surface area contributed by atoms with Gasteiger partial charge in [0, 0.05) is 18.6 Å². The van der Waals surface area contributed by atoms with E-state index in [1.54, 1.807) is 41.5 Å². The summed E-state index contributed by atoms with van der Waals surface area (Å²) in [4.78, 5) is 38.6. The summed E-state index contributed by atoms with van der Waals surface area (Å²) < 4.78 is 23.2. The normalized spacial score (nSPS) is 13.8. The van der Waals surface area contributed by atoms with Crippen LogP contribution < -0.4 is 10.1 Å². The standard InChI is InChI=1S/C33H57NO7Si/c1-22-20-23(2)27(33(12,13)18-19-38-42(14,15)32(9,10)11)25(21-22)39-29(37)34-24(28(36)41-31(6,7)8)16-17-26(35)40-30(3,4)5/h20-21,24H,16-19H2,1-15H3,(H,34,37)/t24-/m0/s1. The molecule has 0 saturated heterocycles. The lowest BCUT2D eigenvalue weighted by Gasteiger charge is -2.37. The van der Waals surface area contributed by atoms with E-state index in [1.807, 2.05) is 19.9 Å². The van der Waals surface area contributed by atoms with Crippen LogP contribution in [0.5, 0.6) is 5.75 Å². The number of benzene rings is 1. The Morgan fingerprint density at radius 2 is 1.40 bits per heavy atom. The third-order valence-corrected chi connectivity index (χ3v) is 11.9. The van der Waals surface area contributed by atoms with Crippen molar-refractivity contribution in [3.63, 3.8) is 0 Å². The topological polar surface area (TPSA) is 100 Å². The van der Waals surface area contributed by atoms with Gasteiger partial charge in [0.15, 0.2) is 8.32 Å². The molecule has 0 aromatic heterocycles. The number of rotatable bonds is 11. The van der Waals surface area contributed by atoms with Crippen molar-refractivity contribution in [2.24, 2.45) is 0 Å². The number of hydrogen-bond acceptors (Lipinski definition) is 7. The Balaban J connectivity index is 3.19. The van der Waals surface area contributed by atoms with Crippen LogP contribution in [0.1, 0.15) is 112 Å². The van der Waals surface area contributed by atoms with Crippen LogP contribution >= 0.6 is 0 Å². The highest BCUT2D eigenvalue weighted by Crippen LogP contribution is 2.40. The molecule has 1 N–H and O–H groups in total. The molecule has 0 bridgehead atoms.